The van der Waals surface area contributed by atoms with Crippen molar-refractivity contribution >= 4 is 48.3 Å². The Kier molecular flexibility index (Phi) is 5.86. The molecule has 1 aromatic heterocycles. The summed E-state index contributed by atoms with van der Waals surface area (Å²) in [4.78, 5) is 17.3. The zero-order valence-corrected chi connectivity index (χ0v) is 19.3. The number of aryl methyl sites for hydroxylation is 2. The standard InChI is InChI=1S/C23H21N3O4S2/c1-14-4-11-20-21(12-14)31-23(24-20)25-22(27)19-13-18(10-5-15(19)2)32(28,29)26-16-6-8-17(30-3)9-7-16/h4-13,26H,1-3H3,(H,24,25,27). The molecule has 1 heterocycles. The molecule has 0 bridgehead atoms. The van der Waals surface area contributed by atoms with Crippen molar-refractivity contribution in [1.82, 2.24) is 4.98 Å². The minimum atomic E-state index is -3.89. The quantitative estimate of drug-likeness (QED) is 0.417. The first-order valence-corrected chi connectivity index (χ1v) is 12.0. The lowest BCUT2D eigenvalue weighted by molar-refractivity contribution is 0.102. The number of sulfonamides is 1. The third-order valence-electron chi connectivity index (χ3n) is 4.87. The number of aromatic nitrogens is 1. The first-order valence-electron chi connectivity index (χ1n) is 9.71. The molecule has 3 aromatic carbocycles. The van der Waals surface area contributed by atoms with Crippen LogP contribution in [0.1, 0.15) is 21.5 Å². The van der Waals surface area contributed by atoms with Gasteiger partial charge in [-0.1, -0.05) is 23.5 Å². The molecule has 0 radical (unpaired) electrons. The second-order valence-corrected chi connectivity index (χ2v) is 9.97. The van der Waals surface area contributed by atoms with Crippen molar-refractivity contribution < 1.29 is 17.9 Å². The Bertz CT molecular complexity index is 1410. The molecule has 0 aliphatic rings. The van der Waals surface area contributed by atoms with Gasteiger partial charge >= 0.3 is 0 Å². The molecule has 0 aliphatic carbocycles. The first-order chi connectivity index (χ1) is 15.2. The maximum Gasteiger partial charge on any atom is 0.261 e. The van der Waals surface area contributed by atoms with Gasteiger partial charge in [0, 0.05) is 11.3 Å². The van der Waals surface area contributed by atoms with Gasteiger partial charge in [-0.25, -0.2) is 13.4 Å². The molecule has 9 heteroatoms. The van der Waals surface area contributed by atoms with E-state index in [0.717, 1.165) is 15.8 Å². The zero-order chi connectivity index (χ0) is 22.9. The maximum absolute atomic E-state index is 12.9. The number of carbonyl (C=O) groups is 1. The largest absolute Gasteiger partial charge is 0.497 e. The summed E-state index contributed by atoms with van der Waals surface area (Å²) in [5.41, 5.74) is 3.22. The number of amides is 1. The lowest BCUT2D eigenvalue weighted by Crippen LogP contribution is -2.17. The van der Waals surface area contributed by atoms with Crippen LogP contribution in [0.2, 0.25) is 0 Å². The van der Waals surface area contributed by atoms with Crippen LogP contribution in [0, 0.1) is 13.8 Å². The van der Waals surface area contributed by atoms with Gasteiger partial charge in [0.1, 0.15) is 5.75 Å². The Labute approximate surface area is 190 Å². The fourth-order valence-corrected chi connectivity index (χ4v) is 5.18. The van der Waals surface area contributed by atoms with Crippen LogP contribution in [0.3, 0.4) is 0 Å². The number of nitrogens with zero attached hydrogens (tertiary/aromatic N) is 1. The molecule has 0 saturated carbocycles. The van der Waals surface area contributed by atoms with Crippen LogP contribution >= 0.6 is 11.3 Å². The Morgan fingerprint density at radius 3 is 2.47 bits per heavy atom. The minimum Gasteiger partial charge on any atom is -0.497 e. The van der Waals surface area contributed by atoms with Crippen LogP contribution in [0.4, 0.5) is 10.8 Å². The number of rotatable bonds is 6. The highest BCUT2D eigenvalue weighted by Crippen LogP contribution is 2.28. The second-order valence-electron chi connectivity index (χ2n) is 7.26. The van der Waals surface area contributed by atoms with Gasteiger partial charge in [-0.2, -0.15) is 0 Å². The highest BCUT2D eigenvalue weighted by atomic mass is 32.2. The van der Waals surface area contributed by atoms with E-state index in [9.17, 15) is 13.2 Å². The molecule has 0 spiro atoms. The number of hydrogen-bond acceptors (Lipinski definition) is 6. The molecule has 164 valence electrons. The summed E-state index contributed by atoms with van der Waals surface area (Å²) in [6.07, 6.45) is 0. The van der Waals surface area contributed by atoms with E-state index in [1.165, 1.54) is 30.6 Å². The maximum atomic E-state index is 12.9. The van der Waals surface area contributed by atoms with Crippen molar-refractivity contribution in [3.8, 4) is 5.75 Å². The number of hydrogen-bond donors (Lipinski definition) is 2. The minimum absolute atomic E-state index is 0.0102. The van der Waals surface area contributed by atoms with Crippen LogP contribution in [-0.4, -0.2) is 26.4 Å². The van der Waals surface area contributed by atoms with Crippen molar-refractivity contribution in [3.05, 3.63) is 77.4 Å². The van der Waals surface area contributed by atoms with Gasteiger partial charge < -0.3 is 4.74 Å². The van der Waals surface area contributed by atoms with Crippen LogP contribution in [0.15, 0.2) is 65.6 Å². The summed E-state index contributed by atoms with van der Waals surface area (Å²) in [6, 6.07) is 16.8. The summed E-state index contributed by atoms with van der Waals surface area (Å²) < 4.78 is 34.3. The van der Waals surface area contributed by atoms with Gasteiger partial charge in [-0.15, -0.1) is 0 Å². The zero-order valence-electron chi connectivity index (χ0n) is 17.7. The monoisotopic (exact) mass is 467 g/mol. The molecule has 0 unspecified atom stereocenters. The van der Waals surface area contributed by atoms with Gasteiger partial charge in [0.25, 0.3) is 15.9 Å². The van der Waals surface area contributed by atoms with Crippen LogP contribution < -0.4 is 14.8 Å². The Morgan fingerprint density at radius 2 is 1.75 bits per heavy atom. The highest BCUT2D eigenvalue weighted by Gasteiger charge is 2.19. The molecule has 2 N–H and O–H groups in total. The van der Waals surface area contributed by atoms with E-state index in [2.05, 4.69) is 15.0 Å². The van der Waals surface area contributed by atoms with E-state index >= 15 is 0 Å². The van der Waals surface area contributed by atoms with E-state index in [0.29, 0.717) is 22.1 Å². The molecular formula is C23H21N3O4S2. The topological polar surface area (TPSA) is 97.4 Å². The lowest BCUT2D eigenvalue weighted by Gasteiger charge is -2.11. The third-order valence-corrected chi connectivity index (χ3v) is 7.18. The van der Waals surface area contributed by atoms with Gasteiger partial charge in [0.05, 0.1) is 22.2 Å². The fourth-order valence-electron chi connectivity index (χ4n) is 3.14. The Hall–Kier alpha value is -3.43. The van der Waals surface area contributed by atoms with E-state index in [4.69, 9.17) is 4.74 Å². The molecule has 1 amide bonds. The second kappa shape index (κ2) is 8.60. The lowest BCUT2D eigenvalue weighted by atomic mass is 10.1. The number of carbonyl (C=O) groups excluding carboxylic acids is 1. The number of anilines is 2. The molecule has 0 fully saturated rings. The Morgan fingerprint density at radius 1 is 1.00 bits per heavy atom. The number of thiazole rings is 1. The molecule has 4 aromatic rings. The van der Waals surface area contributed by atoms with E-state index < -0.39 is 15.9 Å². The van der Waals surface area contributed by atoms with Gasteiger partial charge in [-0.05, 0) is 73.5 Å². The number of nitrogens with one attached hydrogen (secondary N) is 2. The van der Waals surface area contributed by atoms with Crippen LogP contribution in [0.5, 0.6) is 5.75 Å². The van der Waals surface area contributed by atoms with Gasteiger partial charge in [0.15, 0.2) is 5.13 Å². The van der Waals surface area contributed by atoms with E-state index in [1.807, 2.05) is 25.1 Å². The number of ether oxygens (including phenoxy) is 1. The van der Waals surface area contributed by atoms with Crippen molar-refractivity contribution in [2.75, 3.05) is 17.1 Å². The number of benzene rings is 3. The van der Waals surface area contributed by atoms with E-state index in [-0.39, 0.29) is 10.5 Å². The molecular weight excluding hydrogens is 446 g/mol. The highest BCUT2D eigenvalue weighted by molar-refractivity contribution is 7.92. The molecule has 4 rings (SSSR count). The summed E-state index contributed by atoms with van der Waals surface area (Å²) in [6.45, 7) is 3.75. The Balaban J connectivity index is 1.58. The van der Waals surface area contributed by atoms with Crippen LogP contribution in [0.25, 0.3) is 10.2 Å². The molecule has 0 saturated heterocycles. The van der Waals surface area contributed by atoms with Crippen LogP contribution in [-0.2, 0) is 10.0 Å². The van der Waals surface area contributed by atoms with Crippen molar-refractivity contribution in [1.29, 1.82) is 0 Å². The number of fused-ring (bicyclic) bond motifs is 1. The molecule has 7 nitrogen and oxygen atoms in total. The molecule has 32 heavy (non-hydrogen) atoms. The number of methoxy groups -OCH3 is 1. The summed E-state index contributed by atoms with van der Waals surface area (Å²) in [5, 5.41) is 3.25. The predicted octanol–water partition coefficient (Wildman–Crippen LogP) is 4.97. The van der Waals surface area contributed by atoms with Crippen molar-refractivity contribution in [3.63, 3.8) is 0 Å². The van der Waals surface area contributed by atoms with Gasteiger partial charge in [-0.3, -0.25) is 14.8 Å². The van der Waals surface area contributed by atoms with Crippen molar-refractivity contribution in [2.24, 2.45) is 0 Å². The summed E-state index contributed by atoms with van der Waals surface area (Å²) >= 11 is 1.37. The van der Waals surface area contributed by atoms with Gasteiger partial charge in [0.2, 0.25) is 0 Å². The fraction of sp³-hybridized carbons (Fsp3) is 0.130. The molecule has 0 atom stereocenters. The molecule has 0 aliphatic heterocycles. The average Bonchev–Trinajstić information content (AvgIpc) is 3.15. The average molecular weight is 468 g/mol. The smallest absolute Gasteiger partial charge is 0.261 e. The predicted molar refractivity (Wildman–Crippen MR) is 127 cm³/mol. The first kappa shape index (κ1) is 21.8. The SMILES string of the molecule is COc1ccc(NS(=O)(=O)c2ccc(C)c(C(=O)Nc3nc4ccc(C)cc4s3)c2)cc1. The van der Waals surface area contributed by atoms with E-state index in [1.54, 1.807) is 37.3 Å². The normalized spacial score (nSPS) is 11.3. The summed E-state index contributed by atoms with van der Waals surface area (Å²) in [5.74, 6) is 0.201. The van der Waals surface area contributed by atoms with Crippen molar-refractivity contribution in [2.45, 2.75) is 18.7 Å². The third kappa shape index (κ3) is 4.58. The summed E-state index contributed by atoms with van der Waals surface area (Å²) in [7, 11) is -2.35.